The summed E-state index contributed by atoms with van der Waals surface area (Å²) >= 11 is 8.96. The molecule has 0 atom stereocenters. The number of hydrogen-bond donors (Lipinski definition) is 0. The molecule has 1 heterocycles. The molecule has 0 unspecified atom stereocenters. The van der Waals surface area contributed by atoms with Crippen molar-refractivity contribution in [2.24, 2.45) is 7.05 Å². The molecule has 0 amide bonds. The van der Waals surface area contributed by atoms with Gasteiger partial charge in [-0.2, -0.15) is 5.10 Å². The summed E-state index contributed by atoms with van der Waals surface area (Å²) in [7, 11) is 1.74. The van der Waals surface area contributed by atoms with E-state index < -0.39 is 11.6 Å². The lowest BCUT2D eigenvalue weighted by molar-refractivity contribution is 0.103. The number of nitrogens with zero attached hydrogens (tertiary/aromatic N) is 2. The lowest BCUT2D eigenvalue weighted by Crippen LogP contribution is -2.07. The number of hydrogen-bond acceptors (Lipinski definition) is 2. The zero-order valence-corrected chi connectivity index (χ0v) is 13.2. The van der Waals surface area contributed by atoms with E-state index in [0.29, 0.717) is 9.86 Å². The molecular formula is C15H9BrClFN2O. The van der Waals surface area contributed by atoms with E-state index in [1.807, 2.05) is 18.2 Å². The number of benzene rings is 2. The maximum atomic E-state index is 14.2. The average Bonchev–Trinajstić information content (AvgIpc) is 2.82. The molecule has 2 aromatic carbocycles. The molecule has 0 radical (unpaired) electrons. The van der Waals surface area contributed by atoms with E-state index in [4.69, 9.17) is 11.6 Å². The molecule has 3 aromatic rings. The van der Waals surface area contributed by atoms with Crippen LogP contribution in [0.2, 0.25) is 5.02 Å². The number of para-hydroxylation sites is 1. The Morgan fingerprint density at radius 2 is 2.00 bits per heavy atom. The van der Waals surface area contributed by atoms with Gasteiger partial charge < -0.3 is 0 Å². The van der Waals surface area contributed by atoms with Gasteiger partial charge in [0.25, 0.3) is 0 Å². The largest absolute Gasteiger partial charge is 0.287 e. The van der Waals surface area contributed by atoms with Crippen molar-refractivity contribution in [1.29, 1.82) is 0 Å². The Morgan fingerprint density at radius 1 is 1.29 bits per heavy atom. The molecule has 0 fully saturated rings. The first-order valence-corrected chi connectivity index (χ1v) is 7.27. The van der Waals surface area contributed by atoms with Crippen LogP contribution in [0.25, 0.3) is 10.9 Å². The predicted octanol–water partition coefficient (Wildman–Crippen LogP) is 4.36. The van der Waals surface area contributed by atoms with Crippen molar-refractivity contribution in [3.8, 4) is 0 Å². The third kappa shape index (κ3) is 2.26. The maximum Gasteiger partial charge on any atom is 0.216 e. The van der Waals surface area contributed by atoms with Gasteiger partial charge in [0.05, 0.1) is 16.1 Å². The highest BCUT2D eigenvalue weighted by molar-refractivity contribution is 9.10. The van der Waals surface area contributed by atoms with Crippen LogP contribution in [0, 0.1) is 5.82 Å². The second-order valence-electron chi connectivity index (χ2n) is 4.54. The number of aromatic nitrogens is 2. The van der Waals surface area contributed by atoms with Gasteiger partial charge in [0.1, 0.15) is 5.69 Å². The van der Waals surface area contributed by atoms with Crippen molar-refractivity contribution in [2.75, 3.05) is 0 Å². The molecule has 0 aliphatic rings. The molecule has 0 saturated heterocycles. The highest BCUT2D eigenvalue weighted by Gasteiger charge is 2.22. The average molecular weight is 368 g/mol. The van der Waals surface area contributed by atoms with Crippen LogP contribution in [0.15, 0.2) is 40.9 Å². The summed E-state index contributed by atoms with van der Waals surface area (Å²) in [5, 5.41) is 4.78. The summed E-state index contributed by atoms with van der Waals surface area (Å²) in [5.74, 6) is -1.23. The van der Waals surface area contributed by atoms with E-state index in [9.17, 15) is 9.18 Å². The van der Waals surface area contributed by atoms with Gasteiger partial charge in [-0.15, -0.1) is 0 Å². The molecule has 0 spiro atoms. The number of fused-ring (bicyclic) bond motifs is 1. The molecule has 3 nitrogen and oxygen atoms in total. The Balaban J connectivity index is 2.20. The van der Waals surface area contributed by atoms with Crippen molar-refractivity contribution in [1.82, 2.24) is 9.78 Å². The molecule has 0 N–H and O–H groups in total. The predicted molar refractivity (Wildman–Crippen MR) is 83.3 cm³/mol. The molecule has 0 saturated carbocycles. The van der Waals surface area contributed by atoms with Crippen LogP contribution >= 0.6 is 27.5 Å². The van der Waals surface area contributed by atoms with Crippen LogP contribution in [0.5, 0.6) is 0 Å². The van der Waals surface area contributed by atoms with Gasteiger partial charge in [-0.1, -0.05) is 29.8 Å². The minimum Gasteiger partial charge on any atom is -0.287 e. The topological polar surface area (TPSA) is 34.9 Å². The SMILES string of the molecule is Cn1nc(C(=O)c2ccc(Br)c(Cl)c2F)c2ccccc21. The monoisotopic (exact) mass is 366 g/mol. The Hall–Kier alpha value is -1.72. The van der Waals surface area contributed by atoms with E-state index in [1.165, 1.54) is 6.07 Å². The van der Waals surface area contributed by atoms with E-state index in [1.54, 1.807) is 23.9 Å². The van der Waals surface area contributed by atoms with Gasteiger partial charge in [-0.25, -0.2) is 4.39 Å². The molecule has 3 rings (SSSR count). The van der Waals surface area contributed by atoms with Crippen molar-refractivity contribution in [3.05, 3.63) is 63.0 Å². The Kier molecular flexibility index (Phi) is 3.55. The first kappa shape index (κ1) is 14.2. The van der Waals surface area contributed by atoms with Gasteiger partial charge >= 0.3 is 0 Å². The molecule has 106 valence electrons. The van der Waals surface area contributed by atoms with Gasteiger partial charge in [-0.05, 0) is 34.1 Å². The zero-order valence-electron chi connectivity index (χ0n) is 10.9. The van der Waals surface area contributed by atoms with Gasteiger partial charge in [-0.3, -0.25) is 9.48 Å². The smallest absolute Gasteiger partial charge is 0.216 e. The van der Waals surface area contributed by atoms with Gasteiger partial charge in [0, 0.05) is 16.9 Å². The minimum atomic E-state index is -0.745. The number of aryl methyl sites for hydroxylation is 1. The normalized spacial score (nSPS) is 11.0. The van der Waals surface area contributed by atoms with Crippen LogP contribution < -0.4 is 0 Å². The first-order valence-electron chi connectivity index (χ1n) is 6.10. The standard InChI is InChI=1S/C15H9BrClFN2O/c1-20-11-5-3-2-4-8(11)14(19-20)15(21)9-6-7-10(16)12(17)13(9)18/h2-7H,1H3. The number of carbonyl (C=O) groups excluding carboxylic acids is 1. The van der Waals surface area contributed by atoms with E-state index in [-0.39, 0.29) is 16.3 Å². The van der Waals surface area contributed by atoms with Crippen LogP contribution in [-0.2, 0) is 7.05 Å². The van der Waals surface area contributed by atoms with E-state index >= 15 is 0 Å². The quantitative estimate of drug-likeness (QED) is 0.498. The lowest BCUT2D eigenvalue weighted by atomic mass is 10.0. The van der Waals surface area contributed by atoms with Crippen LogP contribution in [0.4, 0.5) is 4.39 Å². The van der Waals surface area contributed by atoms with Crippen molar-refractivity contribution >= 4 is 44.2 Å². The third-order valence-electron chi connectivity index (χ3n) is 3.25. The van der Waals surface area contributed by atoms with E-state index in [2.05, 4.69) is 21.0 Å². The summed E-state index contributed by atoms with van der Waals surface area (Å²) < 4.78 is 16.2. The van der Waals surface area contributed by atoms with Gasteiger partial charge in [0.2, 0.25) is 5.78 Å². The number of rotatable bonds is 2. The van der Waals surface area contributed by atoms with Crippen molar-refractivity contribution < 1.29 is 9.18 Å². The molecule has 6 heteroatoms. The lowest BCUT2D eigenvalue weighted by Gasteiger charge is -2.04. The van der Waals surface area contributed by atoms with Crippen LogP contribution in [0.3, 0.4) is 0 Å². The Bertz CT molecular complexity index is 875. The second-order valence-corrected chi connectivity index (χ2v) is 5.77. The molecule has 0 aliphatic heterocycles. The summed E-state index contributed by atoms with van der Waals surface area (Å²) in [6.07, 6.45) is 0. The molecule has 1 aromatic heterocycles. The molecule has 0 bridgehead atoms. The van der Waals surface area contributed by atoms with Crippen LogP contribution in [-0.4, -0.2) is 15.6 Å². The fourth-order valence-corrected chi connectivity index (χ4v) is 2.68. The first-order chi connectivity index (χ1) is 10.0. The van der Waals surface area contributed by atoms with Gasteiger partial charge in [0.15, 0.2) is 5.82 Å². The van der Waals surface area contributed by atoms with Crippen molar-refractivity contribution in [2.45, 2.75) is 0 Å². The Morgan fingerprint density at radius 3 is 2.76 bits per heavy atom. The van der Waals surface area contributed by atoms with E-state index in [0.717, 1.165) is 5.52 Å². The minimum absolute atomic E-state index is 0.0907. The third-order valence-corrected chi connectivity index (χ3v) is 4.51. The second kappa shape index (κ2) is 5.24. The molecule has 21 heavy (non-hydrogen) atoms. The fraction of sp³-hybridized carbons (Fsp3) is 0.0667. The maximum absolute atomic E-state index is 14.2. The van der Waals surface area contributed by atoms with Crippen LogP contribution in [0.1, 0.15) is 16.1 Å². The number of ketones is 1. The molecular weight excluding hydrogens is 359 g/mol. The highest BCUT2D eigenvalue weighted by Crippen LogP contribution is 2.29. The zero-order chi connectivity index (χ0) is 15.1. The summed E-state index contributed by atoms with van der Waals surface area (Å²) in [5.41, 5.74) is 0.932. The Labute approximate surface area is 133 Å². The number of carbonyl (C=O) groups is 1. The fourth-order valence-electron chi connectivity index (χ4n) is 2.21. The summed E-state index contributed by atoms with van der Waals surface area (Å²) in [6.45, 7) is 0. The summed E-state index contributed by atoms with van der Waals surface area (Å²) in [4.78, 5) is 12.6. The molecule has 0 aliphatic carbocycles. The highest BCUT2D eigenvalue weighted by atomic mass is 79.9. The van der Waals surface area contributed by atoms with Crippen molar-refractivity contribution in [3.63, 3.8) is 0 Å². The number of halogens is 3. The summed E-state index contributed by atoms with van der Waals surface area (Å²) in [6, 6.07) is 10.2.